The number of nitrogens with zero attached hydrogens (tertiary/aromatic N) is 4. The maximum absolute atomic E-state index is 12.7. The number of nitrogens with one attached hydrogen (secondary N) is 1. The van der Waals surface area contributed by atoms with Gasteiger partial charge in [0.25, 0.3) is 0 Å². The van der Waals surface area contributed by atoms with Crippen LogP contribution in [0.1, 0.15) is 30.0 Å². The SMILES string of the molecule is O=C(Cc1ccc(Cl)cc1)N1CCC[C@H](c2[nH]nc3nccnc23)C1. The van der Waals surface area contributed by atoms with Crippen molar-refractivity contribution in [3.05, 3.63) is 52.9 Å². The highest BCUT2D eigenvalue weighted by atomic mass is 35.5. The summed E-state index contributed by atoms with van der Waals surface area (Å²) in [7, 11) is 0. The zero-order valence-corrected chi connectivity index (χ0v) is 14.4. The first-order chi connectivity index (χ1) is 12.2. The van der Waals surface area contributed by atoms with Gasteiger partial charge < -0.3 is 4.90 Å². The molecule has 0 saturated carbocycles. The van der Waals surface area contributed by atoms with E-state index in [1.54, 1.807) is 12.4 Å². The number of carbonyl (C=O) groups is 1. The number of carbonyl (C=O) groups excluding carboxylic acids is 1. The molecule has 1 N–H and O–H groups in total. The van der Waals surface area contributed by atoms with E-state index >= 15 is 0 Å². The quantitative estimate of drug-likeness (QED) is 0.783. The van der Waals surface area contributed by atoms with Gasteiger partial charge in [-0.1, -0.05) is 23.7 Å². The molecule has 7 heteroatoms. The van der Waals surface area contributed by atoms with Crippen LogP contribution in [0, 0.1) is 0 Å². The summed E-state index contributed by atoms with van der Waals surface area (Å²) in [4.78, 5) is 23.2. The number of aromatic nitrogens is 4. The lowest BCUT2D eigenvalue weighted by molar-refractivity contribution is -0.131. The third kappa shape index (κ3) is 3.35. The van der Waals surface area contributed by atoms with Crippen molar-refractivity contribution in [1.82, 2.24) is 25.1 Å². The van der Waals surface area contributed by atoms with Gasteiger partial charge >= 0.3 is 0 Å². The Morgan fingerprint density at radius 1 is 1.24 bits per heavy atom. The Morgan fingerprint density at radius 3 is 2.88 bits per heavy atom. The zero-order chi connectivity index (χ0) is 17.2. The number of likely N-dealkylation sites (tertiary alicyclic amines) is 1. The van der Waals surface area contributed by atoms with E-state index in [-0.39, 0.29) is 11.8 Å². The van der Waals surface area contributed by atoms with Gasteiger partial charge in [-0.3, -0.25) is 9.89 Å². The van der Waals surface area contributed by atoms with E-state index in [0.717, 1.165) is 36.2 Å². The summed E-state index contributed by atoms with van der Waals surface area (Å²) in [5.74, 6) is 0.353. The molecule has 1 fully saturated rings. The molecule has 0 radical (unpaired) electrons. The highest BCUT2D eigenvalue weighted by molar-refractivity contribution is 6.30. The molecule has 3 heterocycles. The predicted octanol–water partition coefficient (Wildman–Crippen LogP) is 2.96. The maximum Gasteiger partial charge on any atom is 0.227 e. The van der Waals surface area contributed by atoms with Gasteiger partial charge in [-0.25, -0.2) is 9.97 Å². The van der Waals surface area contributed by atoms with Gasteiger partial charge in [-0.2, -0.15) is 5.10 Å². The standard InChI is InChI=1S/C18H18ClN5O/c19-14-5-3-12(4-6-14)10-15(25)24-9-1-2-13(11-24)16-17-18(23-22-16)21-8-7-20-17/h3-8,13H,1-2,9-11H2,(H,21,22,23)/t13-/m0/s1. The first kappa shape index (κ1) is 16.0. The van der Waals surface area contributed by atoms with Gasteiger partial charge in [-0.15, -0.1) is 0 Å². The van der Waals surface area contributed by atoms with Crippen molar-refractivity contribution in [3.63, 3.8) is 0 Å². The molecular formula is C18H18ClN5O. The van der Waals surface area contributed by atoms with Crippen molar-refractivity contribution in [2.45, 2.75) is 25.2 Å². The fourth-order valence-corrected chi connectivity index (χ4v) is 3.51. The molecule has 0 spiro atoms. The smallest absolute Gasteiger partial charge is 0.227 e. The average molecular weight is 356 g/mol. The summed E-state index contributed by atoms with van der Waals surface area (Å²) in [6, 6.07) is 7.44. The Labute approximate surface area is 150 Å². The molecule has 0 bridgehead atoms. The minimum atomic E-state index is 0.141. The summed E-state index contributed by atoms with van der Waals surface area (Å²) >= 11 is 5.91. The third-order valence-electron chi connectivity index (χ3n) is 4.67. The monoisotopic (exact) mass is 355 g/mol. The van der Waals surface area contributed by atoms with Crippen LogP contribution < -0.4 is 0 Å². The second-order valence-electron chi connectivity index (χ2n) is 6.35. The van der Waals surface area contributed by atoms with Crippen molar-refractivity contribution in [3.8, 4) is 0 Å². The maximum atomic E-state index is 12.7. The van der Waals surface area contributed by atoms with Crippen LogP contribution in [0.15, 0.2) is 36.7 Å². The van der Waals surface area contributed by atoms with Crippen LogP contribution >= 0.6 is 11.6 Å². The van der Waals surface area contributed by atoms with Gasteiger partial charge in [0, 0.05) is 36.4 Å². The van der Waals surface area contributed by atoms with Crippen molar-refractivity contribution in [2.24, 2.45) is 0 Å². The van der Waals surface area contributed by atoms with E-state index in [0.29, 0.717) is 23.6 Å². The molecule has 1 amide bonds. The van der Waals surface area contributed by atoms with E-state index < -0.39 is 0 Å². The van der Waals surface area contributed by atoms with Crippen LogP contribution in [0.5, 0.6) is 0 Å². The number of benzene rings is 1. The summed E-state index contributed by atoms with van der Waals surface area (Å²) in [6.45, 7) is 1.47. The van der Waals surface area contributed by atoms with Crippen molar-refractivity contribution in [2.75, 3.05) is 13.1 Å². The Kier molecular flexibility index (Phi) is 4.36. The average Bonchev–Trinajstić information content (AvgIpc) is 3.08. The summed E-state index contributed by atoms with van der Waals surface area (Å²) < 4.78 is 0. The molecule has 1 atom stereocenters. The summed E-state index contributed by atoms with van der Waals surface area (Å²) in [5.41, 5.74) is 3.39. The predicted molar refractivity (Wildman–Crippen MR) is 95.4 cm³/mol. The highest BCUT2D eigenvalue weighted by Crippen LogP contribution is 2.29. The lowest BCUT2D eigenvalue weighted by atomic mass is 9.94. The van der Waals surface area contributed by atoms with E-state index in [9.17, 15) is 4.79 Å². The Hall–Kier alpha value is -2.47. The van der Waals surface area contributed by atoms with E-state index in [2.05, 4.69) is 20.2 Å². The van der Waals surface area contributed by atoms with Gasteiger partial charge in [0.15, 0.2) is 5.65 Å². The second kappa shape index (κ2) is 6.80. The van der Waals surface area contributed by atoms with Crippen molar-refractivity contribution in [1.29, 1.82) is 0 Å². The van der Waals surface area contributed by atoms with Crippen molar-refractivity contribution >= 4 is 28.7 Å². The molecule has 25 heavy (non-hydrogen) atoms. The molecule has 2 aromatic heterocycles. The fourth-order valence-electron chi connectivity index (χ4n) is 3.38. The molecule has 0 unspecified atom stereocenters. The molecule has 128 valence electrons. The molecular weight excluding hydrogens is 338 g/mol. The number of amides is 1. The molecule has 6 nitrogen and oxygen atoms in total. The lowest BCUT2D eigenvalue weighted by Gasteiger charge is -2.32. The highest BCUT2D eigenvalue weighted by Gasteiger charge is 2.27. The number of hydrogen-bond donors (Lipinski definition) is 1. The molecule has 1 aromatic carbocycles. The number of hydrogen-bond acceptors (Lipinski definition) is 4. The zero-order valence-electron chi connectivity index (χ0n) is 13.7. The third-order valence-corrected chi connectivity index (χ3v) is 4.92. The molecule has 1 aliphatic rings. The fraction of sp³-hybridized carbons (Fsp3) is 0.333. The van der Waals surface area contributed by atoms with Gasteiger partial charge in [0.1, 0.15) is 5.52 Å². The first-order valence-electron chi connectivity index (χ1n) is 8.38. The number of rotatable bonds is 3. The van der Waals surface area contributed by atoms with E-state index in [1.807, 2.05) is 29.2 Å². The minimum Gasteiger partial charge on any atom is -0.342 e. The number of halogens is 1. The number of aromatic amines is 1. The van der Waals surface area contributed by atoms with Gasteiger partial charge in [0.2, 0.25) is 5.91 Å². The normalized spacial score (nSPS) is 17.8. The lowest BCUT2D eigenvalue weighted by Crippen LogP contribution is -2.40. The largest absolute Gasteiger partial charge is 0.342 e. The summed E-state index contributed by atoms with van der Waals surface area (Å²) in [6.07, 6.45) is 5.69. The second-order valence-corrected chi connectivity index (χ2v) is 6.78. The first-order valence-corrected chi connectivity index (χ1v) is 8.75. The minimum absolute atomic E-state index is 0.141. The topological polar surface area (TPSA) is 74.8 Å². The number of fused-ring (bicyclic) bond motifs is 1. The molecule has 3 aromatic rings. The van der Waals surface area contributed by atoms with Crippen LogP contribution in [0.4, 0.5) is 0 Å². The molecule has 1 saturated heterocycles. The Balaban J connectivity index is 1.49. The van der Waals surface area contributed by atoms with Crippen LogP contribution in [-0.4, -0.2) is 44.1 Å². The van der Waals surface area contributed by atoms with E-state index in [4.69, 9.17) is 11.6 Å². The van der Waals surface area contributed by atoms with Crippen LogP contribution in [0.3, 0.4) is 0 Å². The molecule has 1 aliphatic heterocycles. The van der Waals surface area contributed by atoms with Gasteiger partial charge in [0.05, 0.1) is 12.1 Å². The number of H-pyrrole nitrogens is 1. The number of piperidine rings is 1. The van der Waals surface area contributed by atoms with Crippen LogP contribution in [-0.2, 0) is 11.2 Å². The molecule has 0 aliphatic carbocycles. The van der Waals surface area contributed by atoms with Crippen LogP contribution in [0.2, 0.25) is 5.02 Å². The summed E-state index contributed by atoms with van der Waals surface area (Å²) in [5, 5.41) is 7.98. The van der Waals surface area contributed by atoms with Crippen LogP contribution in [0.25, 0.3) is 11.2 Å². The van der Waals surface area contributed by atoms with Crippen molar-refractivity contribution < 1.29 is 4.79 Å². The molecule has 4 rings (SSSR count). The van der Waals surface area contributed by atoms with E-state index in [1.165, 1.54) is 0 Å². The van der Waals surface area contributed by atoms with Gasteiger partial charge in [-0.05, 0) is 30.5 Å². The Bertz CT molecular complexity index is 892. The Morgan fingerprint density at radius 2 is 2.04 bits per heavy atom.